The van der Waals surface area contributed by atoms with E-state index in [2.05, 4.69) is 0 Å². The van der Waals surface area contributed by atoms with E-state index in [0.29, 0.717) is 18.9 Å². The second-order valence-electron chi connectivity index (χ2n) is 5.58. The Balaban J connectivity index is 2.52. The molecule has 1 rings (SSSR count). The number of unbranched alkanes of at least 4 members (excludes halogenated alkanes) is 1. The standard InChI is InChI=1S/C15H29NO2/c16-11-6-5-9-14(15(18)10-12-17)13-7-3-1-2-4-8-13/h13-14,17H,1-12,16H2. The van der Waals surface area contributed by atoms with Crippen LogP contribution in [0.4, 0.5) is 0 Å². The molecule has 0 amide bonds. The molecule has 0 aromatic heterocycles. The van der Waals surface area contributed by atoms with Crippen LogP contribution in [-0.2, 0) is 4.79 Å². The van der Waals surface area contributed by atoms with Crippen molar-refractivity contribution in [3.8, 4) is 0 Å². The van der Waals surface area contributed by atoms with E-state index < -0.39 is 0 Å². The molecule has 3 nitrogen and oxygen atoms in total. The molecule has 0 saturated heterocycles. The number of aliphatic hydroxyl groups is 1. The number of Topliss-reactive ketones (excluding diaryl/α,β-unsaturated/α-hetero) is 1. The minimum absolute atomic E-state index is 0.00105. The van der Waals surface area contributed by atoms with E-state index in [0.717, 1.165) is 19.3 Å². The number of hydrogen-bond donors (Lipinski definition) is 2. The van der Waals surface area contributed by atoms with E-state index in [4.69, 9.17) is 10.8 Å². The molecule has 0 aromatic rings. The number of hydrogen-bond acceptors (Lipinski definition) is 3. The van der Waals surface area contributed by atoms with E-state index >= 15 is 0 Å². The largest absolute Gasteiger partial charge is 0.396 e. The van der Waals surface area contributed by atoms with Crippen LogP contribution in [0.15, 0.2) is 0 Å². The van der Waals surface area contributed by atoms with Gasteiger partial charge in [-0.15, -0.1) is 0 Å². The fraction of sp³-hybridized carbons (Fsp3) is 0.933. The summed E-state index contributed by atoms with van der Waals surface area (Å²) < 4.78 is 0. The molecule has 1 fully saturated rings. The molecule has 3 N–H and O–H groups in total. The Bertz CT molecular complexity index is 223. The van der Waals surface area contributed by atoms with Crippen molar-refractivity contribution in [2.75, 3.05) is 13.2 Å². The SMILES string of the molecule is NCCCCC(C(=O)CCO)C1CCCCCC1. The first kappa shape index (κ1) is 15.6. The maximum atomic E-state index is 12.2. The fourth-order valence-electron chi connectivity index (χ4n) is 3.18. The summed E-state index contributed by atoms with van der Waals surface area (Å²) in [5, 5.41) is 8.97. The molecular weight excluding hydrogens is 226 g/mol. The first-order valence-corrected chi connectivity index (χ1v) is 7.63. The molecule has 1 aliphatic carbocycles. The summed E-state index contributed by atoms with van der Waals surface area (Å²) >= 11 is 0. The summed E-state index contributed by atoms with van der Waals surface area (Å²) in [6.07, 6.45) is 10.9. The van der Waals surface area contributed by atoms with Crippen molar-refractivity contribution in [3.05, 3.63) is 0 Å². The third-order valence-corrected chi connectivity index (χ3v) is 4.21. The Morgan fingerprint density at radius 1 is 1.17 bits per heavy atom. The van der Waals surface area contributed by atoms with Crippen molar-refractivity contribution < 1.29 is 9.90 Å². The van der Waals surface area contributed by atoms with Gasteiger partial charge in [-0.05, 0) is 38.1 Å². The molecule has 0 aliphatic heterocycles. The van der Waals surface area contributed by atoms with Gasteiger partial charge in [-0.1, -0.05) is 32.1 Å². The lowest BCUT2D eigenvalue weighted by molar-refractivity contribution is -0.125. The maximum Gasteiger partial charge on any atom is 0.138 e. The number of rotatable bonds is 8. The van der Waals surface area contributed by atoms with Gasteiger partial charge in [-0.25, -0.2) is 0 Å². The molecule has 0 radical (unpaired) electrons. The van der Waals surface area contributed by atoms with Gasteiger partial charge in [0.2, 0.25) is 0 Å². The van der Waals surface area contributed by atoms with Crippen LogP contribution in [0.25, 0.3) is 0 Å². The number of carbonyl (C=O) groups excluding carboxylic acids is 1. The van der Waals surface area contributed by atoms with Gasteiger partial charge < -0.3 is 10.8 Å². The van der Waals surface area contributed by atoms with Gasteiger partial charge in [0.25, 0.3) is 0 Å². The summed E-state index contributed by atoms with van der Waals surface area (Å²) in [4.78, 5) is 12.2. The van der Waals surface area contributed by atoms with Gasteiger partial charge >= 0.3 is 0 Å². The molecule has 0 aromatic carbocycles. The van der Waals surface area contributed by atoms with Gasteiger partial charge in [0, 0.05) is 18.9 Å². The summed E-state index contributed by atoms with van der Waals surface area (Å²) in [6.45, 7) is 0.713. The van der Waals surface area contributed by atoms with Crippen molar-refractivity contribution in [2.45, 2.75) is 64.2 Å². The summed E-state index contributed by atoms with van der Waals surface area (Å²) in [5.41, 5.74) is 5.53. The first-order valence-electron chi connectivity index (χ1n) is 7.63. The highest BCUT2D eigenvalue weighted by molar-refractivity contribution is 5.81. The number of ketones is 1. The zero-order valence-corrected chi connectivity index (χ0v) is 11.6. The van der Waals surface area contributed by atoms with Crippen LogP contribution in [-0.4, -0.2) is 24.0 Å². The molecule has 0 spiro atoms. The maximum absolute atomic E-state index is 12.2. The summed E-state index contributed by atoms with van der Waals surface area (Å²) in [5.74, 6) is 1.02. The quantitative estimate of drug-likeness (QED) is 0.518. The molecular formula is C15H29NO2. The Hall–Kier alpha value is -0.410. The molecule has 0 bridgehead atoms. The minimum Gasteiger partial charge on any atom is -0.396 e. The number of carbonyl (C=O) groups is 1. The van der Waals surface area contributed by atoms with E-state index in [1.807, 2.05) is 0 Å². The van der Waals surface area contributed by atoms with Gasteiger partial charge in [0.15, 0.2) is 0 Å². The monoisotopic (exact) mass is 255 g/mol. The lowest BCUT2D eigenvalue weighted by Crippen LogP contribution is -2.25. The average molecular weight is 255 g/mol. The van der Waals surface area contributed by atoms with Crippen LogP contribution in [0.1, 0.15) is 64.2 Å². The zero-order chi connectivity index (χ0) is 13.2. The predicted molar refractivity (Wildman–Crippen MR) is 74.3 cm³/mol. The second kappa shape index (κ2) is 9.51. The van der Waals surface area contributed by atoms with E-state index in [1.165, 1.54) is 38.5 Å². The normalized spacial score (nSPS) is 19.4. The Kier molecular flexibility index (Phi) is 8.27. The van der Waals surface area contributed by atoms with Gasteiger partial charge in [-0.2, -0.15) is 0 Å². The molecule has 3 heteroatoms. The highest BCUT2D eigenvalue weighted by Gasteiger charge is 2.27. The Labute approximate surface area is 111 Å². The highest BCUT2D eigenvalue weighted by Crippen LogP contribution is 2.32. The van der Waals surface area contributed by atoms with Crippen molar-refractivity contribution in [1.82, 2.24) is 0 Å². The molecule has 0 heterocycles. The van der Waals surface area contributed by atoms with Gasteiger partial charge in [-0.3, -0.25) is 4.79 Å². The Morgan fingerprint density at radius 2 is 1.83 bits per heavy atom. The number of aliphatic hydroxyl groups excluding tert-OH is 1. The Morgan fingerprint density at radius 3 is 2.39 bits per heavy atom. The van der Waals surface area contributed by atoms with Crippen LogP contribution in [0.2, 0.25) is 0 Å². The zero-order valence-electron chi connectivity index (χ0n) is 11.6. The van der Waals surface area contributed by atoms with Crippen LogP contribution >= 0.6 is 0 Å². The molecule has 18 heavy (non-hydrogen) atoms. The smallest absolute Gasteiger partial charge is 0.138 e. The van der Waals surface area contributed by atoms with Gasteiger partial charge in [0.05, 0.1) is 0 Å². The van der Waals surface area contributed by atoms with Crippen LogP contribution in [0.5, 0.6) is 0 Å². The second-order valence-corrected chi connectivity index (χ2v) is 5.58. The lowest BCUT2D eigenvalue weighted by Gasteiger charge is -2.25. The summed E-state index contributed by atoms with van der Waals surface area (Å²) in [6, 6.07) is 0. The first-order chi connectivity index (χ1) is 8.79. The third-order valence-electron chi connectivity index (χ3n) is 4.21. The molecule has 1 saturated carbocycles. The van der Waals surface area contributed by atoms with Crippen LogP contribution in [0, 0.1) is 11.8 Å². The average Bonchev–Trinajstić information content (AvgIpc) is 2.63. The molecule has 1 unspecified atom stereocenters. The van der Waals surface area contributed by atoms with Crippen molar-refractivity contribution in [1.29, 1.82) is 0 Å². The molecule has 1 aliphatic rings. The van der Waals surface area contributed by atoms with Gasteiger partial charge in [0.1, 0.15) is 5.78 Å². The van der Waals surface area contributed by atoms with E-state index in [1.54, 1.807) is 0 Å². The molecule has 1 atom stereocenters. The number of nitrogens with two attached hydrogens (primary N) is 1. The third kappa shape index (κ3) is 5.49. The van der Waals surface area contributed by atoms with Crippen LogP contribution in [0.3, 0.4) is 0 Å². The van der Waals surface area contributed by atoms with Crippen LogP contribution < -0.4 is 5.73 Å². The minimum atomic E-state index is -0.00105. The van der Waals surface area contributed by atoms with Crippen molar-refractivity contribution in [3.63, 3.8) is 0 Å². The van der Waals surface area contributed by atoms with E-state index in [9.17, 15) is 4.79 Å². The van der Waals surface area contributed by atoms with Crippen molar-refractivity contribution >= 4 is 5.78 Å². The lowest BCUT2D eigenvalue weighted by atomic mass is 9.79. The van der Waals surface area contributed by atoms with E-state index in [-0.39, 0.29) is 18.3 Å². The van der Waals surface area contributed by atoms with Crippen molar-refractivity contribution in [2.24, 2.45) is 17.6 Å². The highest BCUT2D eigenvalue weighted by atomic mass is 16.3. The fourth-order valence-corrected chi connectivity index (χ4v) is 3.18. The predicted octanol–water partition coefficient (Wildman–Crippen LogP) is 2.65. The molecule has 106 valence electrons. The topological polar surface area (TPSA) is 63.3 Å². The summed E-state index contributed by atoms with van der Waals surface area (Å²) in [7, 11) is 0.